The van der Waals surface area contributed by atoms with Gasteiger partial charge in [-0.3, -0.25) is 9.59 Å². The SMILES string of the molecule is CCC1NC(=O)N(c2cc(C(=O)N(C)C)ccc2Cl)C1=O. The Hall–Kier alpha value is -2.08. The maximum Gasteiger partial charge on any atom is 0.329 e. The fourth-order valence-electron chi connectivity index (χ4n) is 2.11. The monoisotopic (exact) mass is 309 g/mol. The van der Waals surface area contributed by atoms with Gasteiger partial charge in [0.2, 0.25) is 0 Å². The first-order valence-corrected chi connectivity index (χ1v) is 6.90. The van der Waals surface area contributed by atoms with Gasteiger partial charge in [0.1, 0.15) is 6.04 Å². The van der Waals surface area contributed by atoms with E-state index in [2.05, 4.69) is 5.32 Å². The number of benzene rings is 1. The van der Waals surface area contributed by atoms with Crippen LogP contribution in [0.25, 0.3) is 0 Å². The molecule has 6 nitrogen and oxygen atoms in total. The van der Waals surface area contributed by atoms with Crippen LogP contribution in [0.4, 0.5) is 10.5 Å². The lowest BCUT2D eigenvalue weighted by Crippen LogP contribution is -2.32. The maximum atomic E-state index is 12.2. The lowest BCUT2D eigenvalue weighted by atomic mass is 10.1. The summed E-state index contributed by atoms with van der Waals surface area (Å²) in [6, 6.07) is 3.45. The van der Waals surface area contributed by atoms with E-state index in [0.29, 0.717) is 12.0 Å². The van der Waals surface area contributed by atoms with Crippen molar-refractivity contribution in [1.82, 2.24) is 10.2 Å². The van der Waals surface area contributed by atoms with Crippen molar-refractivity contribution >= 4 is 35.1 Å². The number of nitrogens with zero attached hydrogens (tertiary/aromatic N) is 2. The largest absolute Gasteiger partial charge is 0.345 e. The third-order valence-electron chi connectivity index (χ3n) is 3.27. The average molecular weight is 310 g/mol. The van der Waals surface area contributed by atoms with Crippen molar-refractivity contribution < 1.29 is 14.4 Å². The first-order chi connectivity index (χ1) is 9.86. The molecule has 1 fully saturated rings. The molecule has 1 unspecified atom stereocenters. The number of anilines is 1. The van der Waals surface area contributed by atoms with E-state index >= 15 is 0 Å². The van der Waals surface area contributed by atoms with Gasteiger partial charge < -0.3 is 10.2 Å². The molecule has 1 aromatic rings. The minimum absolute atomic E-state index is 0.225. The van der Waals surface area contributed by atoms with Crippen LogP contribution in [-0.2, 0) is 4.79 Å². The minimum Gasteiger partial charge on any atom is -0.345 e. The van der Waals surface area contributed by atoms with Crippen LogP contribution in [0.1, 0.15) is 23.7 Å². The second-order valence-corrected chi connectivity index (χ2v) is 5.36. The molecule has 1 atom stereocenters. The number of nitrogens with one attached hydrogen (secondary N) is 1. The summed E-state index contributed by atoms with van der Waals surface area (Å²) in [5.74, 6) is -0.592. The summed E-state index contributed by atoms with van der Waals surface area (Å²) in [5, 5.41) is 2.83. The summed E-state index contributed by atoms with van der Waals surface area (Å²) in [6.07, 6.45) is 0.495. The van der Waals surface area contributed by atoms with E-state index in [4.69, 9.17) is 11.6 Å². The number of hydrogen-bond acceptors (Lipinski definition) is 3. The van der Waals surface area contributed by atoms with E-state index in [0.717, 1.165) is 4.90 Å². The van der Waals surface area contributed by atoms with Gasteiger partial charge >= 0.3 is 6.03 Å². The lowest BCUT2D eigenvalue weighted by molar-refractivity contribution is -0.118. The molecule has 0 aromatic heterocycles. The zero-order valence-corrected chi connectivity index (χ0v) is 12.8. The van der Waals surface area contributed by atoms with Crippen molar-refractivity contribution in [1.29, 1.82) is 0 Å². The highest BCUT2D eigenvalue weighted by Crippen LogP contribution is 2.30. The minimum atomic E-state index is -0.554. The molecule has 0 spiro atoms. The predicted octanol–water partition coefficient (Wildman–Crippen LogP) is 1.88. The number of imide groups is 1. The third kappa shape index (κ3) is 2.71. The standard InChI is InChI=1S/C14H16ClN3O3/c1-4-10-13(20)18(14(21)16-10)11-7-8(5-6-9(11)15)12(19)17(2)3/h5-7,10H,4H2,1-3H3,(H,16,21). The van der Waals surface area contributed by atoms with Crippen LogP contribution in [0.5, 0.6) is 0 Å². The molecule has 1 aromatic carbocycles. The Morgan fingerprint density at radius 2 is 2.05 bits per heavy atom. The zero-order valence-electron chi connectivity index (χ0n) is 12.0. The Morgan fingerprint density at radius 1 is 1.38 bits per heavy atom. The second-order valence-electron chi connectivity index (χ2n) is 4.95. The molecule has 0 aliphatic carbocycles. The summed E-state index contributed by atoms with van der Waals surface area (Å²) in [4.78, 5) is 38.5. The molecule has 0 bridgehead atoms. The molecule has 4 amide bonds. The van der Waals surface area contributed by atoms with Gasteiger partial charge in [0.05, 0.1) is 10.7 Å². The number of carbonyl (C=O) groups excluding carboxylic acids is 3. The Bertz CT molecular complexity index is 615. The van der Waals surface area contributed by atoms with E-state index in [9.17, 15) is 14.4 Å². The van der Waals surface area contributed by atoms with Gasteiger partial charge in [-0.25, -0.2) is 9.69 Å². The summed E-state index contributed by atoms with van der Waals surface area (Å²) < 4.78 is 0. The van der Waals surface area contributed by atoms with Gasteiger partial charge in [-0.15, -0.1) is 0 Å². The number of hydrogen-bond donors (Lipinski definition) is 1. The highest BCUT2D eigenvalue weighted by atomic mass is 35.5. The van der Waals surface area contributed by atoms with E-state index in [-0.39, 0.29) is 22.5 Å². The number of amides is 4. The maximum absolute atomic E-state index is 12.2. The predicted molar refractivity (Wildman–Crippen MR) is 79.6 cm³/mol. The Kier molecular flexibility index (Phi) is 4.18. The lowest BCUT2D eigenvalue weighted by Gasteiger charge is -2.17. The highest BCUT2D eigenvalue weighted by molar-refractivity contribution is 6.36. The van der Waals surface area contributed by atoms with Gasteiger partial charge in [0.25, 0.3) is 11.8 Å². The van der Waals surface area contributed by atoms with Crippen molar-refractivity contribution in [3.8, 4) is 0 Å². The molecule has 112 valence electrons. The van der Waals surface area contributed by atoms with Gasteiger partial charge in [0.15, 0.2) is 0 Å². The van der Waals surface area contributed by atoms with Crippen LogP contribution in [-0.4, -0.2) is 42.9 Å². The molecular weight excluding hydrogens is 294 g/mol. The molecule has 1 N–H and O–H groups in total. The van der Waals surface area contributed by atoms with Crippen molar-refractivity contribution in [2.45, 2.75) is 19.4 Å². The first-order valence-electron chi connectivity index (χ1n) is 6.52. The van der Waals surface area contributed by atoms with Crippen LogP contribution >= 0.6 is 11.6 Å². The molecule has 7 heteroatoms. The summed E-state index contributed by atoms with van der Waals surface area (Å²) in [6.45, 7) is 1.81. The Morgan fingerprint density at radius 3 is 2.57 bits per heavy atom. The molecule has 2 rings (SSSR count). The van der Waals surface area contributed by atoms with Crippen LogP contribution in [0, 0.1) is 0 Å². The fraction of sp³-hybridized carbons (Fsp3) is 0.357. The van der Waals surface area contributed by atoms with Crippen molar-refractivity contribution in [2.75, 3.05) is 19.0 Å². The average Bonchev–Trinajstić information content (AvgIpc) is 2.73. The Balaban J connectivity index is 2.44. The zero-order chi connectivity index (χ0) is 15.7. The Labute approximate surface area is 127 Å². The van der Waals surface area contributed by atoms with Crippen molar-refractivity contribution in [3.05, 3.63) is 28.8 Å². The highest BCUT2D eigenvalue weighted by Gasteiger charge is 2.39. The summed E-state index contributed by atoms with van der Waals surface area (Å²) in [7, 11) is 3.24. The van der Waals surface area contributed by atoms with Crippen LogP contribution in [0.2, 0.25) is 5.02 Å². The van der Waals surface area contributed by atoms with Gasteiger partial charge in [-0.1, -0.05) is 18.5 Å². The second kappa shape index (κ2) is 5.73. The number of halogens is 1. The number of urea groups is 1. The number of carbonyl (C=O) groups is 3. The first kappa shape index (κ1) is 15.3. The fourth-order valence-corrected chi connectivity index (χ4v) is 2.31. The molecule has 0 radical (unpaired) electrons. The van der Waals surface area contributed by atoms with Gasteiger partial charge in [0, 0.05) is 19.7 Å². The van der Waals surface area contributed by atoms with E-state index in [1.54, 1.807) is 27.1 Å². The normalized spacial score (nSPS) is 17.9. The third-order valence-corrected chi connectivity index (χ3v) is 3.59. The topological polar surface area (TPSA) is 69.7 Å². The summed E-state index contributed by atoms with van der Waals surface area (Å²) in [5.41, 5.74) is 0.586. The molecule has 21 heavy (non-hydrogen) atoms. The van der Waals surface area contributed by atoms with Crippen molar-refractivity contribution in [2.24, 2.45) is 0 Å². The van der Waals surface area contributed by atoms with Gasteiger partial charge in [-0.05, 0) is 24.6 Å². The molecular formula is C14H16ClN3O3. The molecule has 1 saturated heterocycles. The van der Waals surface area contributed by atoms with E-state index in [1.165, 1.54) is 17.0 Å². The smallest absolute Gasteiger partial charge is 0.329 e. The van der Waals surface area contributed by atoms with E-state index in [1.807, 2.05) is 0 Å². The number of rotatable bonds is 3. The molecule has 1 heterocycles. The van der Waals surface area contributed by atoms with Crippen molar-refractivity contribution in [3.63, 3.8) is 0 Å². The van der Waals surface area contributed by atoms with E-state index < -0.39 is 12.1 Å². The van der Waals surface area contributed by atoms with Crippen LogP contribution in [0.3, 0.4) is 0 Å². The van der Waals surface area contributed by atoms with Gasteiger partial charge in [-0.2, -0.15) is 0 Å². The molecule has 0 saturated carbocycles. The van der Waals surface area contributed by atoms with Crippen LogP contribution < -0.4 is 10.2 Å². The summed E-state index contributed by atoms with van der Waals surface area (Å²) >= 11 is 6.08. The quantitative estimate of drug-likeness (QED) is 0.867. The van der Waals surface area contributed by atoms with Crippen LogP contribution in [0.15, 0.2) is 18.2 Å². The molecule has 1 aliphatic rings. The molecule has 1 aliphatic heterocycles.